The molecular weight excluding hydrogens is 282 g/mol. The molecule has 2 heterocycles. The lowest BCUT2D eigenvalue weighted by Gasteiger charge is -2.06. The summed E-state index contributed by atoms with van der Waals surface area (Å²) in [6.45, 7) is 0.393. The third-order valence-corrected chi connectivity index (χ3v) is 3.47. The predicted molar refractivity (Wildman–Crippen MR) is 84.4 cm³/mol. The van der Waals surface area contributed by atoms with Crippen molar-refractivity contribution in [2.75, 3.05) is 0 Å². The maximum atomic E-state index is 12.1. The monoisotopic (exact) mass is 295 g/mol. The van der Waals surface area contributed by atoms with Gasteiger partial charge in [-0.25, -0.2) is 0 Å². The van der Waals surface area contributed by atoms with E-state index in [2.05, 4.69) is 27.9 Å². The number of hydrogen-bond donors (Lipinski definition) is 2. The van der Waals surface area contributed by atoms with Gasteiger partial charge in [0.05, 0.1) is 23.3 Å². The summed E-state index contributed by atoms with van der Waals surface area (Å²) in [5.74, 6) is -0.167. The fourth-order valence-electron chi connectivity index (χ4n) is 2.04. The molecule has 0 radical (unpaired) electrons. The van der Waals surface area contributed by atoms with Gasteiger partial charge in [-0.05, 0) is 24.3 Å². The minimum absolute atomic E-state index is 0.167. The van der Waals surface area contributed by atoms with Crippen LogP contribution in [0.1, 0.15) is 16.1 Å². The van der Waals surface area contributed by atoms with Gasteiger partial charge in [-0.15, -0.1) is 12.6 Å². The summed E-state index contributed by atoms with van der Waals surface area (Å²) in [5.41, 5.74) is 2.14. The number of carbonyl (C=O) groups excluding carboxylic acids is 1. The third kappa shape index (κ3) is 3.03. The number of para-hydroxylation sites is 1. The fraction of sp³-hybridized carbons (Fsp3) is 0.0625. The van der Waals surface area contributed by atoms with Crippen LogP contribution in [0.15, 0.2) is 59.8 Å². The van der Waals surface area contributed by atoms with Gasteiger partial charge < -0.3 is 5.32 Å². The van der Waals surface area contributed by atoms with Crippen LogP contribution in [0.2, 0.25) is 0 Å². The standard InChI is InChI=1S/C16H13N3OS/c20-16(19-10-13-5-1-2-7-17-13)12-8-11-4-3-6-14(21)15(11)18-9-12/h1-9,21H,10H2,(H,19,20). The molecule has 4 nitrogen and oxygen atoms in total. The summed E-state index contributed by atoms with van der Waals surface area (Å²) < 4.78 is 0. The molecule has 3 rings (SSSR count). The van der Waals surface area contributed by atoms with E-state index in [4.69, 9.17) is 0 Å². The molecule has 5 heteroatoms. The van der Waals surface area contributed by atoms with Crippen LogP contribution < -0.4 is 5.32 Å². The SMILES string of the molecule is O=C(NCc1ccccn1)c1cnc2c(S)cccc2c1. The molecule has 0 aliphatic carbocycles. The lowest BCUT2D eigenvalue weighted by molar-refractivity contribution is 0.0950. The zero-order chi connectivity index (χ0) is 14.7. The molecule has 2 aromatic heterocycles. The number of rotatable bonds is 3. The highest BCUT2D eigenvalue weighted by molar-refractivity contribution is 7.80. The van der Waals surface area contributed by atoms with Crippen molar-refractivity contribution in [1.29, 1.82) is 0 Å². The van der Waals surface area contributed by atoms with E-state index in [1.165, 1.54) is 0 Å². The Morgan fingerprint density at radius 2 is 2.05 bits per heavy atom. The largest absolute Gasteiger partial charge is 0.346 e. The Labute approximate surface area is 127 Å². The van der Waals surface area contributed by atoms with Crippen molar-refractivity contribution in [3.8, 4) is 0 Å². The van der Waals surface area contributed by atoms with E-state index in [0.717, 1.165) is 21.5 Å². The Bertz CT molecular complexity index is 790. The fourth-order valence-corrected chi connectivity index (χ4v) is 2.32. The second-order valence-electron chi connectivity index (χ2n) is 4.58. The van der Waals surface area contributed by atoms with Crippen LogP contribution in [0.4, 0.5) is 0 Å². The second-order valence-corrected chi connectivity index (χ2v) is 5.06. The lowest BCUT2D eigenvalue weighted by Crippen LogP contribution is -2.23. The molecule has 3 aromatic rings. The Kier molecular flexibility index (Phi) is 3.83. The molecular formula is C16H13N3OS. The molecule has 0 saturated heterocycles. The van der Waals surface area contributed by atoms with Crippen molar-refractivity contribution >= 4 is 29.4 Å². The first-order valence-corrected chi connectivity index (χ1v) is 6.94. The Hall–Kier alpha value is -2.40. The predicted octanol–water partition coefficient (Wildman–Crippen LogP) is 2.85. The molecule has 0 atom stereocenters. The maximum Gasteiger partial charge on any atom is 0.253 e. The van der Waals surface area contributed by atoms with E-state index in [9.17, 15) is 4.79 Å². The van der Waals surface area contributed by atoms with Crippen LogP contribution in [0.3, 0.4) is 0 Å². The van der Waals surface area contributed by atoms with Crippen LogP contribution in [0.5, 0.6) is 0 Å². The topological polar surface area (TPSA) is 54.9 Å². The van der Waals surface area contributed by atoms with E-state index >= 15 is 0 Å². The number of amides is 1. The lowest BCUT2D eigenvalue weighted by atomic mass is 10.1. The highest BCUT2D eigenvalue weighted by Crippen LogP contribution is 2.20. The number of carbonyl (C=O) groups is 1. The maximum absolute atomic E-state index is 12.1. The van der Waals surface area contributed by atoms with Gasteiger partial charge in [0.2, 0.25) is 0 Å². The van der Waals surface area contributed by atoms with Gasteiger partial charge in [-0.1, -0.05) is 18.2 Å². The number of pyridine rings is 2. The van der Waals surface area contributed by atoms with Gasteiger partial charge in [-0.2, -0.15) is 0 Å². The van der Waals surface area contributed by atoms with Crippen molar-refractivity contribution < 1.29 is 4.79 Å². The third-order valence-electron chi connectivity index (χ3n) is 3.11. The summed E-state index contributed by atoms with van der Waals surface area (Å²) in [6.07, 6.45) is 3.27. The number of benzene rings is 1. The number of thiol groups is 1. The Morgan fingerprint density at radius 3 is 2.86 bits per heavy atom. The van der Waals surface area contributed by atoms with E-state index in [1.807, 2.05) is 42.5 Å². The smallest absolute Gasteiger partial charge is 0.253 e. The molecule has 0 spiro atoms. The van der Waals surface area contributed by atoms with Crippen molar-refractivity contribution in [2.24, 2.45) is 0 Å². The highest BCUT2D eigenvalue weighted by Gasteiger charge is 2.08. The minimum atomic E-state index is -0.167. The highest BCUT2D eigenvalue weighted by atomic mass is 32.1. The van der Waals surface area contributed by atoms with E-state index in [-0.39, 0.29) is 5.91 Å². The van der Waals surface area contributed by atoms with Gasteiger partial charge in [0.1, 0.15) is 0 Å². The molecule has 1 aromatic carbocycles. The van der Waals surface area contributed by atoms with Crippen LogP contribution in [0, 0.1) is 0 Å². The average molecular weight is 295 g/mol. The molecule has 0 bridgehead atoms. The number of fused-ring (bicyclic) bond motifs is 1. The van der Waals surface area contributed by atoms with Crippen LogP contribution in [-0.4, -0.2) is 15.9 Å². The molecule has 0 aliphatic heterocycles. The van der Waals surface area contributed by atoms with Crippen LogP contribution >= 0.6 is 12.6 Å². The van der Waals surface area contributed by atoms with Crippen molar-refractivity contribution in [1.82, 2.24) is 15.3 Å². The van der Waals surface area contributed by atoms with Crippen LogP contribution in [0.25, 0.3) is 10.9 Å². The molecule has 0 unspecified atom stereocenters. The molecule has 1 N–H and O–H groups in total. The first-order valence-electron chi connectivity index (χ1n) is 6.50. The zero-order valence-electron chi connectivity index (χ0n) is 11.2. The molecule has 0 aliphatic rings. The Morgan fingerprint density at radius 1 is 1.14 bits per heavy atom. The molecule has 104 valence electrons. The number of nitrogens with zero attached hydrogens (tertiary/aromatic N) is 2. The average Bonchev–Trinajstić information content (AvgIpc) is 2.53. The zero-order valence-corrected chi connectivity index (χ0v) is 12.0. The van der Waals surface area contributed by atoms with E-state index in [0.29, 0.717) is 12.1 Å². The summed E-state index contributed by atoms with van der Waals surface area (Å²) in [6, 6.07) is 13.1. The number of nitrogens with one attached hydrogen (secondary N) is 1. The van der Waals surface area contributed by atoms with Gasteiger partial charge in [0, 0.05) is 22.7 Å². The molecule has 21 heavy (non-hydrogen) atoms. The van der Waals surface area contributed by atoms with Gasteiger partial charge >= 0.3 is 0 Å². The first kappa shape index (κ1) is 13.6. The van der Waals surface area contributed by atoms with Gasteiger partial charge in [0.25, 0.3) is 5.91 Å². The Balaban J connectivity index is 1.79. The minimum Gasteiger partial charge on any atom is -0.346 e. The summed E-state index contributed by atoms with van der Waals surface area (Å²) in [7, 11) is 0. The second kappa shape index (κ2) is 5.93. The summed E-state index contributed by atoms with van der Waals surface area (Å²) >= 11 is 4.35. The number of aromatic nitrogens is 2. The normalized spacial score (nSPS) is 10.5. The first-order chi connectivity index (χ1) is 10.2. The van der Waals surface area contributed by atoms with Gasteiger partial charge in [0.15, 0.2) is 0 Å². The summed E-state index contributed by atoms with van der Waals surface area (Å²) in [5, 5.41) is 3.73. The number of hydrogen-bond acceptors (Lipinski definition) is 4. The molecule has 0 fully saturated rings. The van der Waals surface area contributed by atoms with Crippen molar-refractivity contribution in [2.45, 2.75) is 11.4 Å². The van der Waals surface area contributed by atoms with E-state index < -0.39 is 0 Å². The molecule has 1 amide bonds. The van der Waals surface area contributed by atoms with Crippen molar-refractivity contribution in [3.05, 3.63) is 66.1 Å². The molecule has 0 saturated carbocycles. The van der Waals surface area contributed by atoms with Gasteiger partial charge in [-0.3, -0.25) is 14.8 Å². The van der Waals surface area contributed by atoms with E-state index in [1.54, 1.807) is 12.4 Å². The van der Waals surface area contributed by atoms with Crippen molar-refractivity contribution in [3.63, 3.8) is 0 Å². The summed E-state index contributed by atoms with van der Waals surface area (Å²) in [4.78, 5) is 21.4. The van der Waals surface area contributed by atoms with Crippen LogP contribution in [-0.2, 0) is 6.54 Å². The quantitative estimate of drug-likeness (QED) is 0.731.